The maximum absolute atomic E-state index is 10.5. The van der Waals surface area contributed by atoms with Gasteiger partial charge in [0.1, 0.15) is 0 Å². The lowest BCUT2D eigenvalue weighted by atomic mass is 10.4. The standard InChI is InChI=1S/C10H14O3S/c1-3-8-4-5-9(14-8)6-13-7(2)10(11)12/h4-5,7H,3,6H2,1-2H3,(H,11,12). The first kappa shape index (κ1) is 11.2. The van der Waals surface area contributed by atoms with E-state index in [1.54, 1.807) is 11.3 Å². The highest BCUT2D eigenvalue weighted by molar-refractivity contribution is 7.11. The Morgan fingerprint density at radius 3 is 2.71 bits per heavy atom. The van der Waals surface area contributed by atoms with Crippen molar-refractivity contribution in [3.8, 4) is 0 Å². The minimum atomic E-state index is -0.919. The van der Waals surface area contributed by atoms with E-state index in [0.717, 1.165) is 11.3 Å². The van der Waals surface area contributed by atoms with Crippen LogP contribution in [0.15, 0.2) is 12.1 Å². The van der Waals surface area contributed by atoms with Gasteiger partial charge in [-0.05, 0) is 25.5 Å². The van der Waals surface area contributed by atoms with Gasteiger partial charge in [-0.15, -0.1) is 11.3 Å². The fourth-order valence-corrected chi connectivity index (χ4v) is 1.85. The van der Waals surface area contributed by atoms with Crippen LogP contribution >= 0.6 is 11.3 Å². The molecule has 1 aromatic heterocycles. The number of hydrogen-bond acceptors (Lipinski definition) is 3. The monoisotopic (exact) mass is 214 g/mol. The fourth-order valence-electron chi connectivity index (χ4n) is 0.968. The Labute approximate surface area is 87.3 Å². The van der Waals surface area contributed by atoms with Crippen LogP contribution in [0.2, 0.25) is 0 Å². The van der Waals surface area contributed by atoms with Gasteiger partial charge in [-0.2, -0.15) is 0 Å². The van der Waals surface area contributed by atoms with Crippen molar-refractivity contribution in [1.29, 1.82) is 0 Å². The number of hydrogen-bond donors (Lipinski definition) is 1. The molecule has 14 heavy (non-hydrogen) atoms. The van der Waals surface area contributed by atoms with E-state index in [9.17, 15) is 4.79 Å². The zero-order chi connectivity index (χ0) is 10.6. The van der Waals surface area contributed by atoms with E-state index in [4.69, 9.17) is 9.84 Å². The zero-order valence-electron chi connectivity index (χ0n) is 8.32. The van der Waals surface area contributed by atoms with Crippen molar-refractivity contribution >= 4 is 17.3 Å². The molecule has 0 amide bonds. The van der Waals surface area contributed by atoms with Crippen LogP contribution in [0.5, 0.6) is 0 Å². The number of ether oxygens (including phenoxy) is 1. The van der Waals surface area contributed by atoms with Crippen molar-refractivity contribution in [2.45, 2.75) is 33.0 Å². The van der Waals surface area contributed by atoms with Gasteiger partial charge in [-0.1, -0.05) is 6.92 Å². The molecule has 1 atom stereocenters. The van der Waals surface area contributed by atoms with Gasteiger partial charge in [-0.25, -0.2) is 4.79 Å². The van der Waals surface area contributed by atoms with Crippen molar-refractivity contribution < 1.29 is 14.6 Å². The molecule has 78 valence electrons. The number of aliphatic carboxylic acids is 1. The van der Waals surface area contributed by atoms with Crippen LogP contribution in [-0.2, 0) is 22.6 Å². The Morgan fingerprint density at radius 1 is 1.57 bits per heavy atom. The van der Waals surface area contributed by atoms with E-state index in [1.807, 2.05) is 6.07 Å². The predicted octanol–water partition coefficient (Wildman–Crippen LogP) is 2.30. The average molecular weight is 214 g/mol. The summed E-state index contributed by atoms with van der Waals surface area (Å²) in [6.07, 6.45) is 0.279. The van der Waals surface area contributed by atoms with Crippen molar-refractivity contribution in [3.05, 3.63) is 21.9 Å². The smallest absolute Gasteiger partial charge is 0.332 e. The summed E-state index contributed by atoms with van der Waals surface area (Å²) in [7, 11) is 0. The number of carboxylic acids is 1. The quantitative estimate of drug-likeness (QED) is 0.818. The fraction of sp³-hybridized carbons (Fsp3) is 0.500. The maximum atomic E-state index is 10.5. The highest BCUT2D eigenvalue weighted by Gasteiger charge is 2.11. The number of carbonyl (C=O) groups is 1. The van der Waals surface area contributed by atoms with E-state index in [-0.39, 0.29) is 0 Å². The van der Waals surface area contributed by atoms with Crippen molar-refractivity contribution in [2.24, 2.45) is 0 Å². The third kappa shape index (κ3) is 3.12. The minimum Gasteiger partial charge on any atom is -0.479 e. The van der Waals surface area contributed by atoms with Crippen LogP contribution in [0.4, 0.5) is 0 Å². The molecule has 0 fully saturated rings. The van der Waals surface area contributed by atoms with Gasteiger partial charge in [0.25, 0.3) is 0 Å². The first-order valence-electron chi connectivity index (χ1n) is 4.55. The first-order chi connectivity index (χ1) is 6.63. The van der Waals surface area contributed by atoms with Gasteiger partial charge in [0.15, 0.2) is 6.10 Å². The third-order valence-corrected chi connectivity index (χ3v) is 3.09. The SMILES string of the molecule is CCc1ccc(COC(C)C(=O)O)s1. The highest BCUT2D eigenvalue weighted by atomic mass is 32.1. The molecular formula is C10H14O3S. The van der Waals surface area contributed by atoms with Crippen LogP contribution < -0.4 is 0 Å². The van der Waals surface area contributed by atoms with Gasteiger partial charge in [0.2, 0.25) is 0 Å². The van der Waals surface area contributed by atoms with Crippen molar-refractivity contribution in [2.75, 3.05) is 0 Å². The molecule has 1 aromatic rings. The molecule has 1 unspecified atom stereocenters. The molecule has 0 saturated heterocycles. The Balaban J connectivity index is 2.41. The lowest BCUT2D eigenvalue weighted by Crippen LogP contribution is -2.19. The summed E-state index contributed by atoms with van der Waals surface area (Å²) in [6, 6.07) is 4.03. The summed E-state index contributed by atoms with van der Waals surface area (Å²) in [6.45, 7) is 4.02. The minimum absolute atomic E-state index is 0.387. The molecular weight excluding hydrogens is 200 g/mol. The average Bonchev–Trinajstić information content (AvgIpc) is 2.61. The molecule has 1 rings (SSSR count). The number of carboxylic acid groups (broad SMARTS) is 1. The Bertz CT molecular complexity index is 306. The van der Waals surface area contributed by atoms with Crippen LogP contribution in [0, 0.1) is 0 Å². The largest absolute Gasteiger partial charge is 0.479 e. The predicted molar refractivity (Wildman–Crippen MR) is 55.6 cm³/mol. The topological polar surface area (TPSA) is 46.5 Å². The highest BCUT2D eigenvalue weighted by Crippen LogP contribution is 2.18. The molecule has 0 aliphatic heterocycles. The summed E-state index contributed by atoms with van der Waals surface area (Å²) in [5.74, 6) is -0.919. The summed E-state index contributed by atoms with van der Waals surface area (Å²) >= 11 is 1.67. The van der Waals surface area contributed by atoms with E-state index in [1.165, 1.54) is 11.8 Å². The van der Waals surface area contributed by atoms with E-state index in [2.05, 4.69) is 13.0 Å². The lowest BCUT2D eigenvalue weighted by Gasteiger charge is -2.06. The normalized spacial score (nSPS) is 12.7. The molecule has 3 nitrogen and oxygen atoms in total. The molecule has 0 aliphatic rings. The lowest BCUT2D eigenvalue weighted by molar-refractivity contribution is -0.149. The van der Waals surface area contributed by atoms with Crippen molar-refractivity contribution in [3.63, 3.8) is 0 Å². The summed E-state index contributed by atoms with van der Waals surface area (Å²) in [5.41, 5.74) is 0. The van der Waals surface area contributed by atoms with Gasteiger partial charge in [0.05, 0.1) is 6.61 Å². The molecule has 1 N–H and O–H groups in total. The summed E-state index contributed by atoms with van der Waals surface area (Å²) in [4.78, 5) is 12.8. The second-order valence-electron chi connectivity index (χ2n) is 3.01. The number of aryl methyl sites for hydroxylation is 1. The van der Waals surface area contributed by atoms with Crippen LogP contribution in [0.3, 0.4) is 0 Å². The van der Waals surface area contributed by atoms with Gasteiger partial charge >= 0.3 is 5.97 Å². The van der Waals surface area contributed by atoms with Gasteiger partial charge < -0.3 is 9.84 Å². The maximum Gasteiger partial charge on any atom is 0.332 e. The Morgan fingerprint density at radius 2 is 2.21 bits per heavy atom. The molecule has 1 heterocycles. The first-order valence-corrected chi connectivity index (χ1v) is 5.37. The number of rotatable bonds is 5. The Kier molecular flexibility index (Phi) is 4.10. The van der Waals surface area contributed by atoms with Crippen LogP contribution in [-0.4, -0.2) is 17.2 Å². The second kappa shape index (κ2) is 5.12. The van der Waals surface area contributed by atoms with E-state index in [0.29, 0.717) is 6.61 Å². The van der Waals surface area contributed by atoms with E-state index < -0.39 is 12.1 Å². The second-order valence-corrected chi connectivity index (χ2v) is 4.27. The summed E-state index contributed by atoms with van der Waals surface area (Å²) in [5, 5.41) is 8.59. The van der Waals surface area contributed by atoms with Gasteiger partial charge in [-0.3, -0.25) is 0 Å². The van der Waals surface area contributed by atoms with Crippen LogP contribution in [0.1, 0.15) is 23.6 Å². The Hall–Kier alpha value is -0.870. The molecule has 4 heteroatoms. The molecule has 0 spiro atoms. The van der Waals surface area contributed by atoms with Crippen molar-refractivity contribution in [1.82, 2.24) is 0 Å². The zero-order valence-corrected chi connectivity index (χ0v) is 9.13. The molecule has 0 aliphatic carbocycles. The van der Waals surface area contributed by atoms with Gasteiger partial charge in [0, 0.05) is 9.75 Å². The molecule has 0 saturated carbocycles. The third-order valence-electron chi connectivity index (χ3n) is 1.89. The van der Waals surface area contributed by atoms with Crippen LogP contribution in [0.25, 0.3) is 0 Å². The number of thiophene rings is 1. The molecule has 0 aromatic carbocycles. The van der Waals surface area contributed by atoms with E-state index >= 15 is 0 Å². The molecule has 0 bridgehead atoms. The molecule has 0 radical (unpaired) electrons. The summed E-state index contributed by atoms with van der Waals surface area (Å²) < 4.78 is 5.16.